The normalized spacial score (nSPS) is 11.5. The average Bonchev–Trinajstić information content (AvgIpc) is 2.93. The van der Waals surface area contributed by atoms with Crippen LogP contribution in [0.4, 0.5) is 0 Å². The van der Waals surface area contributed by atoms with Crippen molar-refractivity contribution in [3.63, 3.8) is 0 Å². The van der Waals surface area contributed by atoms with E-state index in [0.717, 1.165) is 28.4 Å². The van der Waals surface area contributed by atoms with E-state index in [1.165, 1.54) is 5.56 Å². The minimum Gasteiger partial charge on any atom is -0.497 e. The van der Waals surface area contributed by atoms with Crippen LogP contribution in [-0.4, -0.2) is 43.0 Å². The Morgan fingerprint density at radius 2 is 1.70 bits per heavy atom. The van der Waals surface area contributed by atoms with E-state index >= 15 is 0 Å². The summed E-state index contributed by atoms with van der Waals surface area (Å²) in [4.78, 5) is 28.7. The second-order valence-electron chi connectivity index (χ2n) is 8.78. The minimum atomic E-state index is -0.706. The molecule has 0 aliphatic carbocycles. The summed E-state index contributed by atoms with van der Waals surface area (Å²) in [6.07, 6.45) is 2.10. The van der Waals surface area contributed by atoms with Crippen molar-refractivity contribution in [3.8, 4) is 11.5 Å². The second-order valence-corrected chi connectivity index (χ2v) is 9.63. The molecule has 0 radical (unpaired) electrons. The molecule has 37 heavy (non-hydrogen) atoms. The topological polar surface area (TPSA) is 67.9 Å². The molecule has 6 nitrogen and oxygen atoms in total. The van der Waals surface area contributed by atoms with Crippen LogP contribution in [0.5, 0.6) is 11.5 Å². The van der Waals surface area contributed by atoms with Crippen molar-refractivity contribution in [2.24, 2.45) is 0 Å². The fourth-order valence-corrected chi connectivity index (χ4v) is 4.53. The zero-order chi connectivity index (χ0) is 26.6. The van der Waals surface area contributed by atoms with Crippen LogP contribution in [-0.2, 0) is 29.0 Å². The number of benzene rings is 3. The Balaban J connectivity index is 1.91. The number of ether oxygens (including phenoxy) is 2. The molecule has 1 atom stereocenters. The number of methoxy groups -OCH3 is 1. The second kappa shape index (κ2) is 14.4. The number of rotatable bonds is 13. The molecule has 3 aromatic carbocycles. The lowest BCUT2D eigenvalue weighted by Gasteiger charge is -2.31. The number of hydrogen-bond donors (Lipinski definition) is 1. The highest BCUT2D eigenvalue weighted by Gasteiger charge is 2.30. The van der Waals surface area contributed by atoms with Crippen LogP contribution in [0.15, 0.2) is 77.3 Å². The number of carbonyl (C=O) groups is 2. The van der Waals surface area contributed by atoms with E-state index in [1.807, 2.05) is 79.7 Å². The van der Waals surface area contributed by atoms with Crippen molar-refractivity contribution in [2.45, 2.75) is 45.7 Å². The summed E-state index contributed by atoms with van der Waals surface area (Å²) in [5, 5.41) is 2.99. The monoisotopic (exact) mass is 566 g/mol. The Kier molecular flexibility index (Phi) is 11.0. The summed E-state index contributed by atoms with van der Waals surface area (Å²) in [7, 11) is 1.61. The van der Waals surface area contributed by atoms with Crippen LogP contribution in [0.1, 0.15) is 37.0 Å². The Morgan fingerprint density at radius 1 is 0.946 bits per heavy atom. The van der Waals surface area contributed by atoms with Gasteiger partial charge in [-0.05, 0) is 69.7 Å². The molecular weight excluding hydrogens is 532 g/mol. The lowest BCUT2D eigenvalue weighted by molar-refractivity contribution is -0.142. The smallest absolute Gasteiger partial charge is 0.261 e. The quantitative estimate of drug-likeness (QED) is 0.294. The van der Waals surface area contributed by atoms with Crippen molar-refractivity contribution in [3.05, 3.63) is 94.0 Å². The Bertz CT molecular complexity index is 1170. The first-order valence-corrected chi connectivity index (χ1v) is 13.4. The van der Waals surface area contributed by atoms with Gasteiger partial charge < -0.3 is 19.7 Å². The highest BCUT2D eigenvalue weighted by Crippen LogP contribution is 2.26. The summed E-state index contributed by atoms with van der Waals surface area (Å²) >= 11 is 3.54. The molecule has 3 aromatic rings. The van der Waals surface area contributed by atoms with E-state index in [9.17, 15) is 9.59 Å². The molecule has 0 saturated heterocycles. The van der Waals surface area contributed by atoms with E-state index in [-0.39, 0.29) is 25.0 Å². The number of nitrogens with zero attached hydrogens (tertiary/aromatic N) is 1. The molecule has 0 saturated carbocycles. The zero-order valence-corrected chi connectivity index (χ0v) is 23.3. The Morgan fingerprint density at radius 3 is 2.38 bits per heavy atom. The number of nitrogens with one attached hydrogen (secondary N) is 1. The molecule has 7 heteroatoms. The number of halogens is 1. The lowest BCUT2D eigenvalue weighted by atomic mass is 10.0. The minimum absolute atomic E-state index is 0.185. The average molecular weight is 568 g/mol. The highest BCUT2D eigenvalue weighted by atomic mass is 79.9. The molecule has 0 aromatic heterocycles. The van der Waals surface area contributed by atoms with Crippen molar-refractivity contribution < 1.29 is 19.1 Å². The SMILES string of the molecule is CCCNC(=O)[C@@H](Cc1ccccc1)N(Cc1cccc(OC)c1)C(=O)COc1ccc(CC)cc1Br. The van der Waals surface area contributed by atoms with Gasteiger partial charge in [-0.2, -0.15) is 0 Å². The predicted octanol–water partition coefficient (Wildman–Crippen LogP) is 5.57. The number of aryl methyl sites for hydroxylation is 1. The molecule has 0 bridgehead atoms. The van der Waals surface area contributed by atoms with Gasteiger partial charge in [-0.15, -0.1) is 0 Å². The third-order valence-electron chi connectivity index (χ3n) is 6.06. The van der Waals surface area contributed by atoms with Crippen molar-refractivity contribution in [1.82, 2.24) is 10.2 Å². The summed E-state index contributed by atoms with van der Waals surface area (Å²) < 4.78 is 12.1. The molecule has 0 spiro atoms. The molecule has 3 rings (SSSR count). The largest absolute Gasteiger partial charge is 0.497 e. The van der Waals surface area contributed by atoms with E-state index in [0.29, 0.717) is 24.5 Å². The summed E-state index contributed by atoms with van der Waals surface area (Å²) in [6.45, 7) is 4.67. The molecule has 0 aliphatic heterocycles. The lowest BCUT2D eigenvalue weighted by Crippen LogP contribution is -2.51. The maximum atomic E-state index is 13.7. The van der Waals surface area contributed by atoms with Crippen LogP contribution >= 0.6 is 15.9 Å². The molecule has 196 valence electrons. The third-order valence-corrected chi connectivity index (χ3v) is 6.68. The third kappa shape index (κ3) is 8.35. The van der Waals surface area contributed by atoms with E-state index in [4.69, 9.17) is 9.47 Å². The Labute approximate surface area is 228 Å². The first-order valence-electron chi connectivity index (χ1n) is 12.6. The van der Waals surface area contributed by atoms with Gasteiger partial charge in [-0.3, -0.25) is 9.59 Å². The first kappa shape index (κ1) is 28.3. The van der Waals surface area contributed by atoms with Crippen LogP contribution in [0.2, 0.25) is 0 Å². The van der Waals surface area contributed by atoms with E-state index < -0.39 is 6.04 Å². The van der Waals surface area contributed by atoms with Gasteiger partial charge in [0.2, 0.25) is 5.91 Å². The number of amides is 2. The van der Waals surface area contributed by atoms with Crippen molar-refractivity contribution in [2.75, 3.05) is 20.3 Å². The number of carbonyl (C=O) groups excluding carboxylic acids is 2. The number of hydrogen-bond acceptors (Lipinski definition) is 4. The molecule has 0 aliphatic rings. The molecular formula is C30H35BrN2O4. The van der Waals surface area contributed by atoms with Gasteiger partial charge in [-0.1, -0.05) is 62.4 Å². The van der Waals surface area contributed by atoms with Crippen LogP contribution < -0.4 is 14.8 Å². The molecule has 0 unspecified atom stereocenters. The molecule has 0 heterocycles. The first-order chi connectivity index (χ1) is 17.9. The summed E-state index contributed by atoms with van der Waals surface area (Å²) in [5.41, 5.74) is 3.00. The van der Waals surface area contributed by atoms with Gasteiger partial charge in [0.1, 0.15) is 17.5 Å². The van der Waals surface area contributed by atoms with Crippen LogP contribution in [0, 0.1) is 0 Å². The zero-order valence-electron chi connectivity index (χ0n) is 21.7. The van der Waals surface area contributed by atoms with Gasteiger partial charge in [-0.25, -0.2) is 0 Å². The van der Waals surface area contributed by atoms with Gasteiger partial charge in [0.05, 0.1) is 11.6 Å². The van der Waals surface area contributed by atoms with Crippen LogP contribution in [0.3, 0.4) is 0 Å². The molecule has 2 amide bonds. The standard InChI is InChI=1S/C30H35BrN2O4/c1-4-16-32-30(35)27(19-23-10-7-6-8-11-23)33(20-24-12-9-13-25(17-24)36-3)29(34)21-37-28-15-14-22(5-2)18-26(28)31/h6-15,17-18,27H,4-5,16,19-21H2,1-3H3,(H,32,35)/t27-/m1/s1. The van der Waals surface area contributed by atoms with Crippen LogP contribution in [0.25, 0.3) is 0 Å². The highest BCUT2D eigenvalue weighted by molar-refractivity contribution is 9.10. The predicted molar refractivity (Wildman–Crippen MR) is 150 cm³/mol. The Hall–Kier alpha value is -3.32. The fourth-order valence-electron chi connectivity index (χ4n) is 3.99. The van der Waals surface area contributed by atoms with Crippen molar-refractivity contribution >= 4 is 27.7 Å². The van der Waals surface area contributed by atoms with Gasteiger partial charge in [0.15, 0.2) is 6.61 Å². The fraction of sp³-hybridized carbons (Fsp3) is 0.333. The summed E-state index contributed by atoms with van der Waals surface area (Å²) in [5.74, 6) is 0.815. The maximum Gasteiger partial charge on any atom is 0.261 e. The molecule has 0 fully saturated rings. The van der Waals surface area contributed by atoms with E-state index in [1.54, 1.807) is 12.0 Å². The molecule has 1 N–H and O–H groups in total. The van der Waals surface area contributed by atoms with Crippen molar-refractivity contribution in [1.29, 1.82) is 0 Å². The summed E-state index contributed by atoms with van der Waals surface area (Å²) in [6, 6.07) is 22.4. The van der Waals surface area contributed by atoms with Gasteiger partial charge >= 0.3 is 0 Å². The van der Waals surface area contributed by atoms with Gasteiger partial charge in [0, 0.05) is 19.5 Å². The maximum absolute atomic E-state index is 13.7. The van der Waals surface area contributed by atoms with E-state index in [2.05, 4.69) is 28.2 Å². The van der Waals surface area contributed by atoms with Gasteiger partial charge in [0.25, 0.3) is 5.91 Å².